The highest BCUT2D eigenvalue weighted by atomic mass is 32.2. The van der Waals surface area contributed by atoms with Gasteiger partial charge in [0, 0.05) is 6.04 Å². The summed E-state index contributed by atoms with van der Waals surface area (Å²) in [5.74, 6) is 2.01. The summed E-state index contributed by atoms with van der Waals surface area (Å²) in [5.41, 5.74) is 5.78. The van der Waals surface area contributed by atoms with Crippen LogP contribution in [0.3, 0.4) is 0 Å². The lowest BCUT2D eigenvalue weighted by Gasteiger charge is -2.31. The van der Waals surface area contributed by atoms with E-state index in [1.165, 1.54) is 44.4 Å². The highest BCUT2D eigenvalue weighted by Crippen LogP contribution is 2.23. The first kappa shape index (κ1) is 12.3. The fraction of sp³-hybridized carbons (Fsp3) is 1.00. The van der Waals surface area contributed by atoms with Gasteiger partial charge < -0.3 is 11.1 Å². The van der Waals surface area contributed by atoms with Crippen molar-refractivity contribution in [2.45, 2.75) is 38.1 Å². The summed E-state index contributed by atoms with van der Waals surface area (Å²) >= 11 is 1.93. The van der Waals surface area contributed by atoms with Crippen molar-refractivity contribution in [2.24, 2.45) is 11.7 Å². The van der Waals surface area contributed by atoms with E-state index in [0.717, 1.165) is 12.5 Å². The minimum absolute atomic E-state index is 0.704. The van der Waals surface area contributed by atoms with Crippen LogP contribution in [0.5, 0.6) is 0 Å². The molecular formula is C11H24N2S. The molecule has 1 rings (SSSR count). The Morgan fingerprint density at radius 1 is 1.36 bits per heavy atom. The molecule has 0 saturated heterocycles. The fourth-order valence-electron chi connectivity index (χ4n) is 2.26. The van der Waals surface area contributed by atoms with Crippen molar-refractivity contribution in [2.75, 3.05) is 25.1 Å². The topological polar surface area (TPSA) is 38.0 Å². The van der Waals surface area contributed by atoms with Crippen molar-refractivity contribution in [1.82, 2.24) is 5.32 Å². The molecule has 0 heterocycles. The lowest BCUT2D eigenvalue weighted by Crippen LogP contribution is -2.42. The number of rotatable bonds is 6. The van der Waals surface area contributed by atoms with E-state index in [-0.39, 0.29) is 0 Å². The first-order valence-corrected chi connectivity index (χ1v) is 7.20. The third kappa shape index (κ3) is 4.20. The molecule has 0 bridgehead atoms. The molecule has 0 aliphatic heterocycles. The van der Waals surface area contributed by atoms with E-state index in [1.807, 2.05) is 11.8 Å². The van der Waals surface area contributed by atoms with Crippen LogP contribution in [0.15, 0.2) is 0 Å². The van der Waals surface area contributed by atoms with Crippen LogP contribution in [0.25, 0.3) is 0 Å². The molecule has 1 aliphatic rings. The number of thioether (sulfide) groups is 1. The zero-order valence-electron chi connectivity index (χ0n) is 9.30. The van der Waals surface area contributed by atoms with Crippen LogP contribution >= 0.6 is 11.8 Å². The SMILES string of the molecule is CSCCCNC1CCCCC1CN. The van der Waals surface area contributed by atoms with Gasteiger partial charge in [0.25, 0.3) is 0 Å². The summed E-state index contributed by atoms with van der Waals surface area (Å²) in [7, 11) is 0. The van der Waals surface area contributed by atoms with Gasteiger partial charge in [-0.1, -0.05) is 12.8 Å². The van der Waals surface area contributed by atoms with Crippen LogP contribution in [0.2, 0.25) is 0 Å². The van der Waals surface area contributed by atoms with E-state index in [4.69, 9.17) is 5.73 Å². The molecule has 84 valence electrons. The fourth-order valence-corrected chi connectivity index (χ4v) is 2.70. The van der Waals surface area contributed by atoms with Gasteiger partial charge in [0.15, 0.2) is 0 Å². The molecule has 2 atom stereocenters. The molecule has 0 aromatic rings. The Morgan fingerprint density at radius 2 is 2.14 bits per heavy atom. The maximum absolute atomic E-state index is 5.78. The Hall–Kier alpha value is 0.270. The van der Waals surface area contributed by atoms with Gasteiger partial charge in [-0.2, -0.15) is 11.8 Å². The van der Waals surface area contributed by atoms with Gasteiger partial charge in [-0.05, 0) is 50.3 Å². The summed E-state index contributed by atoms with van der Waals surface area (Å²) < 4.78 is 0. The van der Waals surface area contributed by atoms with Gasteiger partial charge >= 0.3 is 0 Å². The van der Waals surface area contributed by atoms with Crippen molar-refractivity contribution < 1.29 is 0 Å². The molecule has 3 N–H and O–H groups in total. The molecule has 0 spiro atoms. The second-order valence-electron chi connectivity index (χ2n) is 4.19. The first-order valence-electron chi connectivity index (χ1n) is 5.81. The summed E-state index contributed by atoms with van der Waals surface area (Å²) in [6.07, 6.45) is 8.89. The molecule has 2 nitrogen and oxygen atoms in total. The molecule has 0 amide bonds. The van der Waals surface area contributed by atoms with E-state index in [0.29, 0.717) is 6.04 Å². The van der Waals surface area contributed by atoms with Gasteiger partial charge in [0.05, 0.1) is 0 Å². The van der Waals surface area contributed by atoms with Crippen molar-refractivity contribution in [1.29, 1.82) is 0 Å². The molecule has 1 aliphatic carbocycles. The predicted molar refractivity (Wildman–Crippen MR) is 65.8 cm³/mol. The van der Waals surface area contributed by atoms with Crippen LogP contribution in [-0.2, 0) is 0 Å². The molecule has 14 heavy (non-hydrogen) atoms. The van der Waals surface area contributed by atoms with Crippen LogP contribution in [0, 0.1) is 5.92 Å². The number of hydrogen-bond acceptors (Lipinski definition) is 3. The summed E-state index contributed by atoms with van der Waals surface area (Å²) in [5, 5.41) is 3.66. The molecule has 2 unspecified atom stereocenters. The minimum atomic E-state index is 0.704. The second-order valence-corrected chi connectivity index (χ2v) is 5.17. The van der Waals surface area contributed by atoms with Crippen molar-refractivity contribution >= 4 is 11.8 Å². The Bertz CT molecular complexity index is 141. The Kier molecular flexibility index (Phi) is 6.65. The van der Waals surface area contributed by atoms with Crippen LogP contribution in [-0.4, -0.2) is 31.1 Å². The predicted octanol–water partition coefficient (Wildman–Crippen LogP) is 1.85. The molecule has 0 aromatic heterocycles. The van der Waals surface area contributed by atoms with Crippen molar-refractivity contribution in [3.63, 3.8) is 0 Å². The largest absolute Gasteiger partial charge is 0.330 e. The van der Waals surface area contributed by atoms with Gasteiger partial charge in [0.1, 0.15) is 0 Å². The Morgan fingerprint density at radius 3 is 2.86 bits per heavy atom. The zero-order chi connectivity index (χ0) is 10.2. The standard InChI is InChI=1S/C11H24N2S/c1-14-8-4-7-13-11-6-3-2-5-10(11)9-12/h10-11,13H,2-9,12H2,1H3. The van der Waals surface area contributed by atoms with E-state index < -0.39 is 0 Å². The average Bonchev–Trinajstić information content (AvgIpc) is 2.25. The lowest BCUT2D eigenvalue weighted by atomic mass is 9.84. The third-order valence-corrected chi connectivity index (χ3v) is 3.84. The normalized spacial score (nSPS) is 27.9. The number of nitrogens with two attached hydrogens (primary N) is 1. The first-order chi connectivity index (χ1) is 6.88. The molecular weight excluding hydrogens is 192 g/mol. The second kappa shape index (κ2) is 7.55. The lowest BCUT2D eigenvalue weighted by molar-refractivity contribution is 0.269. The van der Waals surface area contributed by atoms with E-state index in [9.17, 15) is 0 Å². The van der Waals surface area contributed by atoms with Crippen LogP contribution in [0.4, 0.5) is 0 Å². The Balaban J connectivity index is 2.13. The summed E-state index contributed by atoms with van der Waals surface area (Å²) in [6, 6.07) is 0.704. The maximum Gasteiger partial charge on any atom is 0.0107 e. The maximum atomic E-state index is 5.78. The summed E-state index contributed by atoms with van der Waals surface area (Å²) in [4.78, 5) is 0. The van der Waals surface area contributed by atoms with Crippen molar-refractivity contribution in [3.8, 4) is 0 Å². The van der Waals surface area contributed by atoms with Crippen LogP contribution < -0.4 is 11.1 Å². The monoisotopic (exact) mass is 216 g/mol. The Labute approximate surface area is 92.4 Å². The smallest absolute Gasteiger partial charge is 0.0107 e. The average molecular weight is 216 g/mol. The highest BCUT2D eigenvalue weighted by molar-refractivity contribution is 7.98. The van der Waals surface area contributed by atoms with E-state index in [2.05, 4.69) is 11.6 Å². The molecule has 3 heteroatoms. The minimum Gasteiger partial charge on any atom is -0.330 e. The molecule has 1 fully saturated rings. The summed E-state index contributed by atoms with van der Waals surface area (Å²) in [6.45, 7) is 2.03. The molecule has 1 saturated carbocycles. The van der Waals surface area contributed by atoms with Crippen LogP contribution in [0.1, 0.15) is 32.1 Å². The third-order valence-electron chi connectivity index (χ3n) is 3.14. The molecule has 0 radical (unpaired) electrons. The zero-order valence-corrected chi connectivity index (χ0v) is 10.1. The quantitative estimate of drug-likeness (QED) is 0.666. The number of nitrogens with one attached hydrogen (secondary N) is 1. The molecule has 0 aromatic carbocycles. The van der Waals surface area contributed by atoms with Gasteiger partial charge in [-0.3, -0.25) is 0 Å². The highest BCUT2D eigenvalue weighted by Gasteiger charge is 2.22. The van der Waals surface area contributed by atoms with E-state index >= 15 is 0 Å². The van der Waals surface area contributed by atoms with E-state index in [1.54, 1.807) is 0 Å². The van der Waals surface area contributed by atoms with Gasteiger partial charge in [-0.15, -0.1) is 0 Å². The van der Waals surface area contributed by atoms with Gasteiger partial charge in [-0.25, -0.2) is 0 Å². The van der Waals surface area contributed by atoms with Gasteiger partial charge in [0.2, 0.25) is 0 Å². The number of hydrogen-bond donors (Lipinski definition) is 2. The van der Waals surface area contributed by atoms with Crippen molar-refractivity contribution in [3.05, 3.63) is 0 Å².